The van der Waals surface area contributed by atoms with Crippen LogP contribution in [0.25, 0.3) is 0 Å². The van der Waals surface area contributed by atoms with Crippen LogP contribution in [0.5, 0.6) is 0 Å². The van der Waals surface area contributed by atoms with E-state index in [4.69, 9.17) is 15.0 Å². The Hall–Kier alpha value is -1.20. The van der Waals surface area contributed by atoms with Crippen LogP contribution in [0.15, 0.2) is 10.7 Å². The second-order valence-corrected chi connectivity index (χ2v) is 0.574. The van der Waals surface area contributed by atoms with Gasteiger partial charge in [0.05, 0.1) is 0 Å². The van der Waals surface area contributed by atoms with Crippen LogP contribution in [-0.4, -0.2) is 11.8 Å². The van der Waals surface area contributed by atoms with Crippen molar-refractivity contribution in [1.82, 2.24) is 0 Å². The Morgan fingerprint density at radius 1 is 1.62 bits per heavy atom. The molecular weight excluding hydrogens is 116 g/mol. The molecule has 0 aliphatic carbocycles. The molecule has 0 amide bonds. The van der Waals surface area contributed by atoms with Gasteiger partial charge in [-0.1, -0.05) is 0 Å². The first-order valence-corrected chi connectivity index (χ1v) is 1.74. The van der Waals surface area contributed by atoms with Gasteiger partial charge in [0, 0.05) is 0 Å². The van der Waals surface area contributed by atoms with Crippen LogP contribution < -0.4 is 0 Å². The van der Waals surface area contributed by atoms with Crippen LogP contribution in [-0.2, 0) is 4.84 Å². The molecule has 1 N–H and O–H groups in total. The average molecular weight is 122 g/mol. The molecule has 0 aliphatic rings. The van der Waals surface area contributed by atoms with Crippen LogP contribution >= 0.6 is 0 Å². The highest BCUT2D eigenvalue weighted by molar-refractivity contribution is 4.01. The largest absolute Gasteiger partial charge is 0.379 e. The minimum absolute atomic E-state index is 0.365. The minimum Gasteiger partial charge on any atom is -0.379 e. The summed E-state index contributed by atoms with van der Waals surface area (Å²) in [5.74, 6) is 0. The lowest BCUT2D eigenvalue weighted by molar-refractivity contribution is 0.154. The van der Waals surface area contributed by atoms with E-state index in [0.717, 1.165) is 0 Å². The van der Waals surface area contributed by atoms with E-state index in [2.05, 4.69) is 10.2 Å². The van der Waals surface area contributed by atoms with Gasteiger partial charge in [-0.05, 0) is 6.92 Å². The van der Waals surface area contributed by atoms with Crippen LogP contribution in [0, 0.1) is 9.81 Å². The van der Waals surface area contributed by atoms with Gasteiger partial charge < -0.3 is 10.0 Å². The molecule has 0 aromatic heterocycles. The van der Waals surface area contributed by atoms with Crippen molar-refractivity contribution < 1.29 is 10.0 Å². The highest BCUT2D eigenvalue weighted by atomic mass is 16.7. The molecule has 0 aliphatic heterocycles. The van der Waals surface area contributed by atoms with Crippen LogP contribution in [0.2, 0.25) is 0 Å². The summed E-state index contributed by atoms with van der Waals surface area (Å²) in [4.78, 5) is 20.9. The predicted molar refractivity (Wildman–Crippen MR) is 25.0 cm³/mol. The molecule has 0 bridgehead atoms. The third-order valence-corrected chi connectivity index (χ3v) is 0.182. The zero-order valence-corrected chi connectivity index (χ0v) is 4.27. The van der Waals surface area contributed by atoms with Crippen molar-refractivity contribution >= 4 is 0 Å². The van der Waals surface area contributed by atoms with E-state index in [-0.39, 0.29) is 0 Å². The van der Waals surface area contributed by atoms with Gasteiger partial charge in [-0.15, -0.1) is 9.81 Å². The molecule has 48 valence electrons. The number of hydrogen-bond donors (Lipinski definition) is 1. The summed E-state index contributed by atoms with van der Waals surface area (Å²) in [5.41, 5.74) is 0. The average Bonchev–Trinajstić information content (AvgIpc) is 1.71. The Labute approximate surface area is 45.3 Å². The molecule has 0 radical (unpaired) electrons. The second kappa shape index (κ2) is 17.0. The van der Waals surface area contributed by atoms with Crippen LogP contribution in [0.4, 0.5) is 0 Å². The first kappa shape index (κ1) is 9.93. The monoisotopic (exact) mass is 122 g/mol. The highest BCUT2D eigenvalue weighted by Gasteiger charge is 1.62. The summed E-state index contributed by atoms with van der Waals surface area (Å²) in [6.45, 7) is 2.06. The van der Waals surface area contributed by atoms with Gasteiger partial charge in [-0.2, -0.15) is 0 Å². The van der Waals surface area contributed by atoms with Crippen LogP contribution in [0.1, 0.15) is 6.92 Å². The van der Waals surface area contributed by atoms with Gasteiger partial charge in [0.1, 0.15) is 6.61 Å². The maximum absolute atomic E-state index is 8.93. The normalized spacial score (nSPS) is 5.62. The molecule has 8 heavy (non-hydrogen) atoms. The van der Waals surface area contributed by atoms with Crippen LogP contribution in [0.3, 0.4) is 0 Å². The molecule has 0 aromatic rings. The molecule has 0 spiro atoms. The van der Waals surface area contributed by atoms with Gasteiger partial charge in [-0.3, -0.25) is 0 Å². The van der Waals surface area contributed by atoms with Crippen molar-refractivity contribution in [2.24, 2.45) is 10.7 Å². The van der Waals surface area contributed by atoms with Gasteiger partial charge in [-0.25, -0.2) is 0 Å². The van der Waals surface area contributed by atoms with E-state index >= 15 is 0 Å². The molecule has 0 saturated heterocycles. The Kier molecular flexibility index (Phi) is 21.2. The smallest absolute Gasteiger partial charge is 0.155 e. The van der Waals surface area contributed by atoms with Crippen molar-refractivity contribution in [2.75, 3.05) is 6.61 Å². The van der Waals surface area contributed by atoms with Crippen molar-refractivity contribution in [1.29, 1.82) is 0 Å². The van der Waals surface area contributed by atoms with Crippen molar-refractivity contribution in [3.63, 3.8) is 0 Å². The van der Waals surface area contributed by atoms with Gasteiger partial charge >= 0.3 is 0 Å². The molecule has 0 saturated carbocycles. The molecule has 0 unspecified atom stereocenters. The van der Waals surface area contributed by atoms with Gasteiger partial charge in [0.15, 0.2) is 10.7 Å². The van der Waals surface area contributed by atoms with Gasteiger partial charge in [0.2, 0.25) is 0 Å². The third kappa shape index (κ3) is 108. The molecule has 0 atom stereocenters. The van der Waals surface area contributed by atoms with Crippen molar-refractivity contribution in [2.45, 2.75) is 6.92 Å². The lowest BCUT2D eigenvalue weighted by Crippen LogP contribution is -1.71. The molecule has 6 heteroatoms. The maximum Gasteiger partial charge on any atom is 0.155 e. The Bertz CT molecular complexity index is 56.0. The number of nitrogens with zero attached hydrogens (tertiary/aromatic N) is 2. The lowest BCUT2D eigenvalue weighted by Gasteiger charge is -1.76. The first-order valence-electron chi connectivity index (χ1n) is 1.74. The lowest BCUT2D eigenvalue weighted by atomic mass is 10.9. The zero-order chi connectivity index (χ0) is 6.83. The summed E-state index contributed by atoms with van der Waals surface area (Å²) >= 11 is 0. The standard InChI is InChI=1S/C2H5NO2.HNO2/c1-2-5-3-4;2-1-3/h2H2,1H3;(H,2,3). The summed E-state index contributed by atoms with van der Waals surface area (Å²) in [6.07, 6.45) is 0. The minimum atomic E-state index is 0.365. The van der Waals surface area contributed by atoms with E-state index < -0.39 is 0 Å². The molecule has 0 aromatic carbocycles. The summed E-state index contributed by atoms with van der Waals surface area (Å²) in [5, 5.41) is 9.99. The third-order valence-electron chi connectivity index (χ3n) is 0.182. The molecule has 0 rings (SSSR count). The van der Waals surface area contributed by atoms with E-state index in [0.29, 0.717) is 6.61 Å². The number of rotatable bonds is 2. The highest BCUT2D eigenvalue weighted by Crippen LogP contribution is 1.65. The molecule has 0 heterocycles. The maximum atomic E-state index is 8.93. The first-order chi connectivity index (χ1) is 3.83. The summed E-state index contributed by atoms with van der Waals surface area (Å²) in [6, 6.07) is 0. The fraction of sp³-hybridized carbons (Fsp3) is 1.00. The van der Waals surface area contributed by atoms with Crippen molar-refractivity contribution in [3.8, 4) is 0 Å². The molecule has 6 nitrogen and oxygen atoms in total. The SMILES string of the molecule is CCON=O.O=NO. The molecule has 0 fully saturated rings. The Balaban J connectivity index is 0. The number of hydrogen-bond acceptors (Lipinski definition) is 5. The van der Waals surface area contributed by atoms with E-state index in [1.807, 2.05) is 0 Å². The Morgan fingerprint density at radius 3 is 2.00 bits per heavy atom. The summed E-state index contributed by atoms with van der Waals surface area (Å²) < 4.78 is 0. The van der Waals surface area contributed by atoms with E-state index in [1.165, 1.54) is 5.34 Å². The van der Waals surface area contributed by atoms with Gasteiger partial charge in [0.25, 0.3) is 0 Å². The van der Waals surface area contributed by atoms with Crippen molar-refractivity contribution in [3.05, 3.63) is 9.81 Å². The Morgan fingerprint density at radius 2 is 2.00 bits per heavy atom. The predicted octanol–water partition coefficient (Wildman–Crippen LogP) is 0.846. The van der Waals surface area contributed by atoms with E-state index in [1.54, 1.807) is 6.92 Å². The fourth-order valence-electron chi connectivity index (χ4n) is 0.0527. The topological polar surface area (TPSA) is 88.3 Å². The second-order valence-electron chi connectivity index (χ2n) is 0.574. The van der Waals surface area contributed by atoms with E-state index in [9.17, 15) is 0 Å². The fourth-order valence-corrected chi connectivity index (χ4v) is 0.0527. The molecular formula is C2H6N2O4. The summed E-state index contributed by atoms with van der Waals surface area (Å²) in [7, 11) is 0. The quantitative estimate of drug-likeness (QED) is 0.434. The zero-order valence-electron chi connectivity index (χ0n) is 4.27.